The van der Waals surface area contributed by atoms with Crippen LogP contribution in [-0.2, 0) is 11.2 Å². The Bertz CT molecular complexity index is 693. The molecular formula is C16H20N2O4S. The molecular weight excluding hydrogens is 316 g/mol. The maximum Gasteiger partial charge on any atom is 0.230 e. The average molecular weight is 336 g/mol. The lowest BCUT2D eigenvalue weighted by atomic mass is 10.1. The van der Waals surface area contributed by atoms with Crippen LogP contribution >= 0.6 is 11.3 Å². The Hall–Kier alpha value is -2.28. The predicted octanol–water partition coefficient (Wildman–Crippen LogP) is 2.97. The zero-order valence-electron chi connectivity index (χ0n) is 13.9. The van der Waals surface area contributed by atoms with Gasteiger partial charge >= 0.3 is 0 Å². The molecule has 6 nitrogen and oxygen atoms in total. The van der Waals surface area contributed by atoms with E-state index in [0.29, 0.717) is 27.9 Å². The molecule has 7 heteroatoms. The number of thiazole rings is 1. The van der Waals surface area contributed by atoms with Gasteiger partial charge in [-0.1, -0.05) is 6.07 Å². The van der Waals surface area contributed by atoms with E-state index in [2.05, 4.69) is 10.3 Å². The number of methoxy groups -OCH3 is 3. The van der Waals surface area contributed by atoms with E-state index >= 15 is 0 Å². The van der Waals surface area contributed by atoms with E-state index in [1.807, 2.05) is 13.8 Å². The fraction of sp³-hybridized carbons (Fsp3) is 0.375. The van der Waals surface area contributed by atoms with Crippen molar-refractivity contribution >= 4 is 22.4 Å². The fourth-order valence-electron chi connectivity index (χ4n) is 2.17. The number of carbonyl (C=O) groups excluding carboxylic acids is 1. The highest BCUT2D eigenvalue weighted by Gasteiger charge is 2.18. The van der Waals surface area contributed by atoms with E-state index in [9.17, 15) is 4.79 Å². The molecule has 23 heavy (non-hydrogen) atoms. The van der Waals surface area contributed by atoms with Crippen LogP contribution in [0, 0.1) is 13.8 Å². The Kier molecular flexibility index (Phi) is 5.44. The third kappa shape index (κ3) is 3.73. The summed E-state index contributed by atoms with van der Waals surface area (Å²) in [7, 11) is 4.62. The zero-order chi connectivity index (χ0) is 17.0. The molecule has 0 radical (unpaired) electrons. The first-order valence-electron chi connectivity index (χ1n) is 7.01. The molecule has 0 spiro atoms. The molecule has 2 rings (SSSR count). The number of carbonyl (C=O) groups is 1. The molecule has 124 valence electrons. The molecule has 1 amide bonds. The summed E-state index contributed by atoms with van der Waals surface area (Å²) in [4.78, 5) is 17.6. The van der Waals surface area contributed by atoms with Crippen LogP contribution in [0.4, 0.5) is 5.13 Å². The van der Waals surface area contributed by atoms with Gasteiger partial charge in [0, 0.05) is 10.4 Å². The topological polar surface area (TPSA) is 69.7 Å². The number of benzene rings is 1. The SMILES string of the molecule is COc1ccc(CC(=O)Nc2nc(C)c(C)s2)c(OC)c1OC. The van der Waals surface area contributed by atoms with Crippen LogP contribution in [0.2, 0.25) is 0 Å². The number of amides is 1. The van der Waals surface area contributed by atoms with Gasteiger partial charge in [0.1, 0.15) is 0 Å². The summed E-state index contributed by atoms with van der Waals surface area (Å²) in [6, 6.07) is 3.54. The monoisotopic (exact) mass is 336 g/mol. The second kappa shape index (κ2) is 7.32. The summed E-state index contributed by atoms with van der Waals surface area (Å²) in [5.41, 5.74) is 1.64. The van der Waals surface area contributed by atoms with Crippen molar-refractivity contribution in [1.29, 1.82) is 0 Å². The van der Waals surface area contributed by atoms with Gasteiger partial charge in [-0.25, -0.2) is 4.98 Å². The quantitative estimate of drug-likeness (QED) is 0.878. The van der Waals surface area contributed by atoms with Crippen LogP contribution < -0.4 is 19.5 Å². The van der Waals surface area contributed by atoms with Crippen molar-refractivity contribution in [2.24, 2.45) is 0 Å². The van der Waals surface area contributed by atoms with Crippen LogP contribution in [0.1, 0.15) is 16.1 Å². The van der Waals surface area contributed by atoms with Gasteiger partial charge in [0.2, 0.25) is 11.7 Å². The van der Waals surface area contributed by atoms with Crippen molar-refractivity contribution in [3.63, 3.8) is 0 Å². The fourth-order valence-corrected chi connectivity index (χ4v) is 3.00. The molecule has 1 aromatic carbocycles. The maximum absolute atomic E-state index is 12.3. The molecule has 0 aliphatic carbocycles. The maximum atomic E-state index is 12.3. The van der Waals surface area contributed by atoms with Gasteiger partial charge in [-0.05, 0) is 19.9 Å². The number of nitrogens with zero attached hydrogens (tertiary/aromatic N) is 1. The van der Waals surface area contributed by atoms with Gasteiger partial charge in [0.25, 0.3) is 0 Å². The number of anilines is 1. The van der Waals surface area contributed by atoms with Gasteiger partial charge in [-0.3, -0.25) is 4.79 Å². The smallest absolute Gasteiger partial charge is 0.230 e. The second-order valence-electron chi connectivity index (χ2n) is 4.88. The van der Waals surface area contributed by atoms with E-state index < -0.39 is 0 Å². The molecule has 0 fully saturated rings. The molecule has 0 unspecified atom stereocenters. The molecule has 0 bridgehead atoms. The van der Waals surface area contributed by atoms with Crippen LogP contribution in [0.15, 0.2) is 12.1 Å². The highest BCUT2D eigenvalue weighted by molar-refractivity contribution is 7.15. The molecule has 0 atom stereocenters. The molecule has 1 heterocycles. The standard InChI is InChI=1S/C16H20N2O4S/c1-9-10(2)23-16(17-9)18-13(19)8-11-6-7-12(20-3)15(22-5)14(11)21-4/h6-7H,8H2,1-5H3,(H,17,18,19). The minimum atomic E-state index is -0.163. The summed E-state index contributed by atoms with van der Waals surface area (Å²) in [6.45, 7) is 3.89. The first kappa shape index (κ1) is 17.1. The van der Waals surface area contributed by atoms with Gasteiger partial charge < -0.3 is 19.5 Å². The summed E-state index contributed by atoms with van der Waals surface area (Å²) >= 11 is 1.46. The number of nitrogens with one attached hydrogen (secondary N) is 1. The first-order valence-corrected chi connectivity index (χ1v) is 7.83. The van der Waals surface area contributed by atoms with Gasteiger partial charge in [0.05, 0.1) is 33.4 Å². The van der Waals surface area contributed by atoms with Gasteiger partial charge in [0.15, 0.2) is 16.6 Å². The van der Waals surface area contributed by atoms with Crippen LogP contribution in [0.5, 0.6) is 17.2 Å². The zero-order valence-corrected chi connectivity index (χ0v) is 14.7. The lowest BCUT2D eigenvalue weighted by Gasteiger charge is -2.15. The summed E-state index contributed by atoms with van der Waals surface area (Å²) < 4.78 is 15.9. The largest absolute Gasteiger partial charge is 0.493 e. The highest BCUT2D eigenvalue weighted by Crippen LogP contribution is 2.40. The van der Waals surface area contributed by atoms with E-state index in [0.717, 1.165) is 10.6 Å². The first-order chi connectivity index (χ1) is 11.0. The van der Waals surface area contributed by atoms with E-state index in [-0.39, 0.29) is 12.3 Å². The molecule has 0 aliphatic heterocycles. The van der Waals surface area contributed by atoms with Crippen molar-refractivity contribution in [2.75, 3.05) is 26.6 Å². The lowest BCUT2D eigenvalue weighted by molar-refractivity contribution is -0.115. The summed E-state index contributed by atoms with van der Waals surface area (Å²) in [6.07, 6.45) is 0.154. The second-order valence-corrected chi connectivity index (χ2v) is 6.08. The normalized spacial score (nSPS) is 10.3. The Morgan fingerprint density at radius 3 is 2.35 bits per heavy atom. The predicted molar refractivity (Wildman–Crippen MR) is 90.0 cm³/mol. The third-order valence-corrected chi connectivity index (χ3v) is 4.40. The van der Waals surface area contributed by atoms with Crippen molar-refractivity contribution in [3.05, 3.63) is 28.3 Å². The Morgan fingerprint density at radius 2 is 1.83 bits per heavy atom. The van der Waals surface area contributed by atoms with Crippen LogP contribution in [0.3, 0.4) is 0 Å². The number of ether oxygens (including phenoxy) is 3. The Labute approximate surface area is 139 Å². The molecule has 0 saturated heterocycles. The summed E-state index contributed by atoms with van der Waals surface area (Å²) in [5, 5.41) is 3.41. The van der Waals surface area contributed by atoms with Crippen LogP contribution in [0.25, 0.3) is 0 Å². The molecule has 1 N–H and O–H groups in total. The van der Waals surface area contributed by atoms with Crippen molar-refractivity contribution < 1.29 is 19.0 Å². The highest BCUT2D eigenvalue weighted by atomic mass is 32.1. The van der Waals surface area contributed by atoms with Crippen molar-refractivity contribution in [1.82, 2.24) is 4.98 Å². The third-order valence-electron chi connectivity index (χ3n) is 3.41. The van der Waals surface area contributed by atoms with E-state index in [1.54, 1.807) is 19.2 Å². The van der Waals surface area contributed by atoms with Gasteiger partial charge in [-0.15, -0.1) is 11.3 Å². The van der Waals surface area contributed by atoms with Crippen LogP contribution in [-0.4, -0.2) is 32.2 Å². The molecule has 2 aromatic rings. The lowest BCUT2D eigenvalue weighted by Crippen LogP contribution is -2.15. The minimum absolute atomic E-state index is 0.154. The average Bonchev–Trinajstić information content (AvgIpc) is 2.84. The Morgan fingerprint density at radius 1 is 1.13 bits per heavy atom. The number of aryl methyl sites for hydroxylation is 2. The van der Waals surface area contributed by atoms with E-state index in [1.165, 1.54) is 25.6 Å². The van der Waals surface area contributed by atoms with Gasteiger partial charge in [-0.2, -0.15) is 0 Å². The number of aromatic nitrogens is 1. The van der Waals surface area contributed by atoms with E-state index in [4.69, 9.17) is 14.2 Å². The number of hydrogen-bond donors (Lipinski definition) is 1. The molecule has 0 aliphatic rings. The minimum Gasteiger partial charge on any atom is -0.493 e. The summed E-state index contributed by atoms with van der Waals surface area (Å²) in [5.74, 6) is 1.36. The Balaban J connectivity index is 2.20. The molecule has 1 aromatic heterocycles. The number of rotatable bonds is 6. The van der Waals surface area contributed by atoms with Crippen molar-refractivity contribution in [3.8, 4) is 17.2 Å². The number of hydrogen-bond acceptors (Lipinski definition) is 6. The van der Waals surface area contributed by atoms with Crippen molar-refractivity contribution in [2.45, 2.75) is 20.3 Å². The molecule has 0 saturated carbocycles.